The van der Waals surface area contributed by atoms with Crippen molar-refractivity contribution in [2.45, 2.75) is 17.7 Å². The van der Waals surface area contributed by atoms with E-state index in [1.54, 1.807) is 7.05 Å². The highest BCUT2D eigenvalue weighted by Gasteiger charge is 2.28. The molecule has 0 amide bonds. The van der Waals surface area contributed by atoms with Gasteiger partial charge in [0.25, 0.3) is 0 Å². The molecule has 0 radical (unpaired) electrons. The zero-order chi connectivity index (χ0) is 15.5. The van der Waals surface area contributed by atoms with Gasteiger partial charge in [-0.05, 0) is 51.0 Å². The van der Waals surface area contributed by atoms with Crippen LogP contribution in [0, 0.1) is 17.2 Å². The zero-order valence-electron chi connectivity index (χ0n) is 12.4. The third-order valence-corrected chi connectivity index (χ3v) is 5.77. The van der Waals surface area contributed by atoms with E-state index in [1.807, 2.05) is 6.07 Å². The number of aromatic nitrogens is 1. The highest BCUT2D eigenvalue weighted by Crippen LogP contribution is 2.22. The Bertz CT molecular complexity index is 631. The van der Waals surface area contributed by atoms with Crippen molar-refractivity contribution in [2.24, 2.45) is 5.92 Å². The Balaban J connectivity index is 2.14. The summed E-state index contributed by atoms with van der Waals surface area (Å²) in [5.74, 6) is 0.364. The number of hydrogen-bond acceptors (Lipinski definition) is 5. The van der Waals surface area contributed by atoms with Gasteiger partial charge in [0.05, 0.1) is 0 Å². The number of nitrogens with zero attached hydrogens (tertiary/aromatic N) is 4. The van der Waals surface area contributed by atoms with Crippen LogP contribution in [0.4, 0.5) is 0 Å². The molecule has 2 heterocycles. The Hall–Kier alpha value is -1.49. The highest BCUT2D eigenvalue weighted by molar-refractivity contribution is 7.89. The van der Waals surface area contributed by atoms with Crippen LogP contribution < -0.4 is 0 Å². The Morgan fingerprint density at radius 3 is 2.76 bits per heavy atom. The quantitative estimate of drug-likeness (QED) is 0.826. The minimum atomic E-state index is -3.66. The Kier molecular flexibility index (Phi) is 4.93. The van der Waals surface area contributed by atoms with Crippen molar-refractivity contribution in [2.75, 3.05) is 33.7 Å². The molecule has 0 unspecified atom stereocenters. The average molecular weight is 308 g/mol. The minimum absolute atomic E-state index is 0.0112. The van der Waals surface area contributed by atoms with Crippen LogP contribution in [0.25, 0.3) is 0 Å². The lowest BCUT2D eigenvalue weighted by Gasteiger charge is -2.31. The molecular formula is C14H20N4O2S. The third kappa shape index (κ3) is 3.59. The van der Waals surface area contributed by atoms with Gasteiger partial charge in [0.1, 0.15) is 11.0 Å². The molecule has 0 atom stereocenters. The minimum Gasteiger partial charge on any atom is -0.306 e. The van der Waals surface area contributed by atoms with Crippen molar-refractivity contribution in [3.05, 3.63) is 24.0 Å². The van der Waals surface area contributed by atoms with E-state index in [4.69, 9.17) is 5.26 Å². The molecule has 6 nitrogen and oxygen atoms in total. The fraction of sp³-hybridized carbons (Fsp3) is 0.571. The fourth-order valence-corrected chi connectivity index (χ4v) is 3.89. The zero-order valence-corrected chi connectivity index (χ0v) is 13.2. The van der Waals surface area contributed by atoms with Crippen LogP contribution in [0.5, 0.6) is 0 Å². The van der Waals surface area contributed by atoms with Gasteiger partial charge in [-0.15, -0.1) is 0 Å². The average Bonchev–Trinajstić information content (AvgIpc) is 2.49. The van der Waals surface area contributed by atoms with Crippen LogP contribution in [0.1, 0.15) is 18.5 Å². The van der Waals surface area contributed by atoms with Gasteiger partial charge in [0.2, 0.25) is 10.0 Å². The van der Waals surface area contributed by atoms with Crippen LogP contribution in [-0.2, 0) is 10.0 Å². The Labute approximate surface area is 126 Å². The van der Waals surface area contributed by atoms with Crippen molar-refractivity contribution >= 4 is 10.0 Å². The lowest BCUT2D eigenvalue weighted by Crippen LogP contribution is -2.38. The van der Waals surface area contributed by atoms with Crippen LogP contribution in [0.3, 0.4) is 0 Å². The van der Waals surface area contributed by atoms with Crippen molar-refractivity contribution in [3.8, 4) is 6.07 Å². The summed E-state index contributed by atoms with van der Waals surface area (Å²) in [6.45, 7) is 2.47. The lowest BCUT2D eigenvalue weighted by molar-refractivity contribution is 0.202. The molecule has 0 aromatic carbocycles. The number of sulfonamides is 1. The molecular weight excluding hydrogens is 288 g/mol. The molecule has 7 heteroatoms. The van der Waals surface area contributed by atoms with Crippen molar-refractivity contribution in [1.29, 1.82) is 5.26 Å². The van der Waals surface area contributed by atoms with Crippen LogP contribution in [-0.4, -0.2) is 56.3 Å². The Morgan fingerprint density at radius 1 is 1.48 bits per heavy atom. The van der Waals surface area contributed by atoms with Gasteiger partial charge in [-0.1, -0.05) is 0 Å². The summed E-state index contributed by atoms with van der Waals surface area (Å²) in [6.07, 6.45) is 3.41. The fourth-order valence-electron chi connectivity index (χ4n) is 2.56. The monoisotopic (exact) mass is 308 g/mol. The van der Waals surface area contributed by atoms with Gasteiger partial charge in [0, 0.05) is 19.8 Å². The van der Waals surface area contributed by atoms with E-state index in [1.165, 1.54) is 22.6 Å². The summed E-state index contributed by atoms with van der Waals surface area (Å²) in [5.41, 5.74) is -0.0484. The van der Waals surface area contributed by atoms with Gasteiger partial charge >= 0.3 is 0 Å². The third-order valence-electron chi connectivity index (χ3n) is 3.92. The smallest absolute Gasteiger partial charge is 0.245 e. The largest absolute Gasteiger partial charge is 0.306 e. The number of likely N-dealkylation sites (tertiary alicyclic amines) is 1. The molecule has 0 spiro atoms. The molecule has 1 aliphatic rings. The molecule has 2 rings (SSSR count). The lowest BCUT2D eigenvalue weighted by atomic mass is 9.97. The van der Waals surface area contributed by atoms with E-state index in [0.717, 1.165) is 25.9 Å². The molecule has 1 fully saturated rings. The van der Waals surface area contributed by atoms with Gasteiger partial charge in [-0.25, -0.2) is 17.7 Å². The SMILES string of the molecule is CN1CCC(CN(C)S(=O)(=O)c2cccnc2C#N)CC1. The molecule has 0 aliphatic carbocycles. The topological polar surface area (TPSA) is 77.3 Å². The van der Waals surface area contributed by atoms with Gasteiger partial charge in [-0.3, -0.25) is 0 Å². The van der Waals surface area contributed by atoms with E-state index < -0.39 is 10.0 Å². The number of pyridine rings is 1. The maximum absolute atomic E-state index is 12.6. The summed E-state index contributed by atoms with van der Waals surface area (Å²) < 4.78 is 26.5. The molecule has 1 aromatic rings. The van der Waals surface area contributed by atoms with Crippen LogP contribution >= 0.6 is 0 Å². The second kappa shape index (κ2) is 6.52. The van der Waals surface area contributed by atoms with Crippen molar-refractivity contribution < 1.29 is 8.42 Å². The van der Waals surface area contributed by atoms with Gasteiger partial charge < -0.3 is 4.90 Å². The van der Waals surface area contributed by atoms with E-state index in [9.17, 15) is 8.42 Å². The molecule has 1 aliphatic heterocycles. The molecule has 114 valence electrons. The maximum Gasteiger partial charge on any atom is 0.245 e. The second-order valence-corrected chi connectivity index (χ2v) is 7.51. The number of hydrogen-bond donors (Lipinski definition) is 0. The first-order chi connectivity index (χ1) is 9.95. The van der Waals surface area contributed by atoms with Crippen LogP contribution in [0.15, 0.2) is 23.2 Å². The molecule has 0 bridgehead atoms. The van der Waals surface area contributed by atoms with Crippen LogP contribution in [0.2, 0.25) is 0 Å². The molecule has 0 saturated carbocycles. The predicted octanol–water partition coefficient (Wildman–Crippen LogP) is 0.916. The summed E-state index contributed by atoms with van der Waals surface area (Å²) in [6, 6.07) is 4.82. The Morgan fingerprint density at radius 2 is 2.14 bits per heavy atom. The summed E-state index contributed by atoms with van der Waals surface area (Å²) in [4.78, 5) is 6.07. The molecule has 21 heavy (non-hydrogen) atoms. The molecule has 1 saturated heterocycles. The predicted molar refractivity (Wildman–Crippen MR) is 79.0 cm³/mol. The van der Waals surface area contributed by atoms with Gasteiger partial charge in [-0.2, -0.15) is 5.26 Å². The first-order valence-corrected chi connectivity index (χ1v) is 8.39. The summed E-state index contributed by atoms with van der Waals surface area (Å²) in [5, 5.41) is 9.01. The first kappa shape index (κ1) is 15.9. The number of piperidine rings is 1. The maximum atomic E-state index is 12.6. The summed E-state index contributed by atoms with van der Waals surface area (Å²) in [7, 11) is -0.0138. The molecule has 0 N–H and O–H groups in total. The van der Waals surface area contributed by atoms with Gasteiger partial charge in [0.15, 0.2) is 5.69 Å². The molecule has 1 aromatic heterocycles. The first-order valence-electron chi connectivity index (χ1n) is 6.95. The van der Waals surface area contributed by atoms with Crippen molar-refractivity contribution in [1.82, 2.24) is 14.2 Å². The normalized spacial score (nSPS) is 17.8. The van der Waals surface area contributed by atoms with E-state index >= 15 is 0 Å². The second-order valence-electron chi connectivity index (χ2n) is 5.49. The number of nitriles is 1. The van der Waals surface area contributed by atoms with E-state index in [2.05, 4.69) is 16.9 Å². The standard InChI is InChI=1S/C14H20N4O2S/c1-17-8-5-12(6-9-17)11-18(2)21(19,20)14-4-3-7-16-13(14)10-15/h3-4,7,12H,5-6,8-9,11H2,1-2H3. The van der Waals surface area contributed by atoms with E-state index in [-0.39, 0.29) is 10.6 Å². The van der Waals surface area contributed by atoms with E-state index in [0.29, 0.717) is 12.5 Å². The summed E-state index contributed by atoms with van der Waals surface area (Å²) >= 11 is 0. The van der Waals surface area contributed by atoms with Crippen molar-refractivity contribution in [3.63, 3.8) is 0 Å². The number of rotatable bonds is 4. The highest BCUT2D eigenvalue weighted by atomic mass is 32.2.